The van der Waals surface area contributed by atoms with Crippen LogP contribution in [0, 0.1) is 5.82 Å². The first-order chi connectivity index (χ1) is 10.3. The summed E-state index contributed by atoms with van der Waals surface area (Å²) in [6, 6.07) is 6.76. The molecule has 4 heteroatoms. The van der Waals surface area contributed by atoms with Crippen LogP contribution >= 0.6 is 11.3 Å². The lowest BCUT2D eigenvalue weighted by Gasteiger charge is -2.21. The number of fused-ring (bicyclic) bond motifs is 1. The molecule has 21 heavy (non-hydrogen) atoms. The van der Waals surface area contributed by atoms with Gasteiger partial charge < -0.3 is 5.32 Å². The van der Waals surface area contributed by atoms with E-state index in [2.05, 4.69) is 12.2 Å². The first-order valence-corrected chi connectivity index (χ1v) is 8.51. The summed E-state index contributed by atoms with van der Waals surface area (Å²) >= 11 is 1.84. The van der Waals surface area contributed by atoms with Crippen LogP contribution in [0.2, 0.25) is 0 Å². The highest BCUT2D eigenvalue weighted by Gasteiger charge is 2.24. The van der Waals surface area contributed by atoms with E-state index in [-0.39, 0.29) is 5.82 Å². The van der Waals surface area contributed by atoms with E-state index >= 15 is 0 Å². The minimum Gasteiger partial charge on any atom is -0.316 e. The first-order valence-electron chi connectivity index (χ1n) is 7.70. The molecule has 0 fully saturated rings. The van der Waals surface area contributed by atoms with Crippen LogP contribution in [0.1, 0.15) is 46.8 Å². The predicted octanol–water partition coefficient (Wildman–Crippen LogP) is 3.90. The van der Waals surface area contributed by atoms with Gasteiger partial charge in [-0.25, -0.2) is 9.37 Å². The predicted molar refractivity (Wildman–Crippen MR) is 85.5 cm³/mol. The Morgan fingerprint density at radius 3 is 2.90 bits per heavy atom. The Hall–Kier alpha value is -1.26. The van der Waals surface area contributed by atoms with Crippen molar-refractivity contribution in [3.63, 3.8) is 0 Å². The molecular formula is C17H21FN2S. The molecule has 3 rings (SSSR count). The summed E-state index contributed by atoms with van der Waals surface area (Å²) in [4.78, 5) is 6.35. The Morgan fingerprint density at radius 1 is 1.33 bits per heavy atom. The first kappa shape index (κ1) is 14.7. The second-order valence-corrected chi connectivity index (χ2v) is 6.78. The lowest BCUT2D eigenvalue weighted by molar-refractivity contribution is 0.508. The van der Waals surface area contributed by atoms with Crippen molar-refractivity contribution in [1.29, 1.82) is 0 Å². The molecule has 2 nitrogen and oxygen atoms in total. The SMILES string of the molecule is CCNCC1CCCc2sc(Cc3ccc(F)cc3)nc21. The molecule has 0 bridgehead atoms. The van der Waals surface area contributed by atoms with Crippen molar-refractivity contribution in [2.75, 3.05) is 13.1 Å². The molecule has 1 aromatic carbocycles. The highest BCUT2D eigenvalue weighted by atomic mass is 32.1. The topological polar surface area (TPSA) is 24.9 Å². The molecule has 0 amide bonds. The van der Waals surface area contributed by atoms with Gasteiger partial charge in [0.05, 0.1) is 10.7 Å². The Labute approximate surface area is 129 Å². The number of nitrogens with zero attached hydrogens (tertiary/aromatic N) is 1. The van der Waals surface area contributed by atoms with Crippen LogP contribution in [0.25, 0.3) is 0 Å². The van der Waals surface area contributed by atoms with Crippen molar-refractivity contribution in [2.45, 2.75) is 38.5 Å². The van der Waals surface area contributed by atoms with Gasteiger partial charge in [-0.15, -0.1) is 11.3 Å². The van der Waals surface area contributed by atoms with E-state index in [0.29, 0.717) is 5.92 Å². The van der Waals surface area contributed by atoms with Gasteiger partial charge in [0.15, 0.2) is 0 Å². The van der Waals surface area contributed by atoms with Crippen molar-refractivity contribution in [3.05, 3.63) is 51.2 Å². The summed E-state index contributed by atoms with van der Waals surface area (Å²) in [6.07, 6.45) is 4.48. The zero-order valence-corrected chi connectivity index (χ0v) is 13.2. The van der Waals surface area contributed by atoms with Gasteiger partial charge in [-0.1, -0.05) is 19.1 Å². The fourth-order valence-electron chi connectivity index (χ4n) is 2.93. The number of halogens is 1. The summed E-state index contributed by atoms with van der Waals surface area (Å²) in [5, 5.41) is 4.61. The molecular weight excluding hydrogens is 283 g/mol. The lowest BCUT2D eigenvalue weighted by atomic mass is 9.91. The average Bonchev–Trinajstić information content (AvgIpc) is 2.90. The number of aromatic nitrogens is 1. The number of likely N-dealkylation sites (N-methyl/N-ethyl adjacent to an activating group) is 1. The molecule has 1 heterocycles. The van der Waals surface area contributed by atoms with Crippen LogP contribution in [0.4, 0.5) is 4.39 Å². The Balaban J connectivity index is 1.76. The van der Waals surface area contributed by atoms with Gasteiger partial charge in [-0.2, -0.15) is 0 Å². The zero-order valence-electron chi connectivity index (χ0n) is 12.4. The summed E-state index contributed by atoms with van der Waals surface area (Å²) in [6.45, 7) is 4.19. The fraction of sp³-hybridized carbons (Fsp3) is 0.471. The summed E-state index contributed by atoms with van der Waals surface area (Å²) in [5.74, 6) is 0.384. The third-order valence-corrected chi connectivity index (χ3v) is 5.16. The molecule has 2 aromatic rings. The normalized spacial score (nSPS) is 17.7. The summed E-state index contributed by atoms with van der Waals surface area (Å²) in [7, 11) is 0. The highest BCUT2D eigenvalue weighted by Crippen LogP contribution is 2.35. The second-order valence-electron chi connectivity index (χ2n) is 5.62. The largest absolute Gasteiger partial charge is 0.316 e. The summed E-state index contributed by atoms with van der Waals surface area (Å²) < 4.78 is 13.0. The van der Waals surface area contributed by atoms with Crippen molar-refractivity contribution >= 4 is 11.3 Å². The van der Waals surface area contributed by atoms with Gasteiger partial charge in [0.2, 0.25) is 0 Å². The number of hydrogen-bond donors (Lipinski definition) is 1. The standard InChI is InChI=1S/C17H21FN2S/c1-2-19-11-13-4-3-5-15-17(13)20-16(21-15)10-12-6-8-14(18)9-7-12/h6-9,13,19H,2-5,10-11H2,1H3. The molecule has 0 spiro atoms. The lowest BCUT2D eigenvalue weighted by Crippen LogP contribution is -2.24. The van der Waals surface area contributed by atoms with Gasteiger partial charge in [0.25, 0.3) is 0 Å². The maximum atomic E-state index is 13.0. The molecule has 112 valence electrons. The van der Waals surface area contributed by atoms with Gasteiger partial charge >= 0.3 is 0 Å². The molecule has 0 saturated heterocycles. The van der Waals surface area contributed by atoms with Crippen LogP contribution in [0.15, 0.2) is 24.3 Å². The highest BCUT2D eigenvalue weighted by molar-refractivity contribution is 7.11. The molecule has 0 radical (unpaired) electrons. The van der Waals surface area contributed by atoms with Crippen molar-refractivity contribution < 1.29 is 4.39 Å². The minimum atomic E-state index is -0.178. The molecule has 1 aromatic heterocycles. The molecule has 1 unspecified atom stereocenters. The minimum absolute atomic E-state index is 0.178. The molecule has 0 aliphatic heterocycles. The number of thiazole rings is 1. The zero-order chi connectivity index (χ0) is 14.7. The van der Waals surface area contributed by atoms with E-state index in [4.69, 9.17) is 4.98 Å². The van der Waals surface area contributed by atoms with E-state index in [1.165, 1.54) is 42.0 Å². The van der Waals surface area contributed by atoms with Gasteiger partial charge in [-0.05, 0) is 43.5 Å². The average molecular weight is 304 g/mol. The number of nitrogens with one attached hydrogen (secondary N) is 1. The number of aryl methyl sites for hydroxylation is 1. The van der Waals surface area contributed by atoms with Crippen LogP contribution < -0.4 is 5.32 Å². The number of hydrogen-bond acceptors (Lipinski definition) is 3. The second kappa shape index (κ2) is 6.67. The molecule has 1 aliphatic carbocycles. The van der Waals surface area contributed by atoms with E-state index < -0.39 is 0 Å². The van der Waals surface area contributed by atoms with Gasteiger partial charge in [0, 0.05) is 23.8 Å². The van der Waals surface area contributed by atoms with Crippen LogP contribution in [-0.2, 0) is 12.8 Å². The van der Waals surface area contributed by atoms with Crippen LogP contribution in [-0.4, -0.2) is 18.1 Å². The monoisotopic (exact) mass is 304 g/mol. The number of rotatable bonds is 5. The van der Waals surface area contributed by atoms with E-state index in [1.54, 1.807) is 0 Å². The fourth-order valence-corrected chi connectivity index (χ4v) is 4.16. The van der Waals surface area contributed by atoms with Crippen LogP contribution in [0.5, 0.6) is 0 Å². The van der Waals surface area contributed by atoms with E-state index in [0.717, 1.165) is 30.1 Å². The third-order valence-electron chi connectivity index (χ3n) is 4.02. The smallest absolute Gasteiger partial charge is 0.123 e. The third kappa shape index (κ3) is 3.50. The van der Waals surface area contributed by atoms with Crippen molar-refractivity contribution in [1.82, 2.24) is 10.3 Å². The van der Waals surface area contributed by atoms with Crippen molar-refractivity contribution in [2.24, 2.45) is 0 Å². The Bertz CT molecular complexity index is 591. The molecule has 1 aliphatic rings. The molecule has 1 N–H and O–H groups in total. The van der Waals surface area contributed by atoms with Gasteiger partial charge in [0.1, 0.15) is 5.82 Å². The maximum absolute atomic E-state index is 13.0. The van der Waals surface area contributed by atoms with Crippen LogP contribution in [0.3, 0.4) is 0 Å². The Kier molecular flexibility index (Phi) is 4.66. The van der Waals surface area contributed by atoms with Crippen molar-refractivity contribution in [3.8, 4) is 0 Å². The van der Waals surface area contributed by atoms with E-state index in [9.17, 15) is 4.39 Å². The Morgan fingerprint density at radius 2 is 2.14 bits per heavy atom. The molecule has 0 saturated carbocycles. The quantitative estimate of drug-likeness (QED) is 0.906. The maximum Gasteiger partial charge on any atom is 0.123 e. The molecule has 1 atom stereocenters. The summed E-state index contributed by atoms with van der Waals surface area (Å²) in [5.41, 5.74) is 2.44. The van der Waals surface area contributed by atoms with Gasteiger partial charge in [-0.3, -0.25) is 0 Å². The van der Waals surface area contributed by atoms with E-state index in [1.807, 2.05) is 23.5 Å². The number of benzene rings is 1.